The summed E-state index contributed by atoms with van der Waals surface area (Å²) in [6, 6.07) is 30.1. The van der Waals surface area contributed by atoms with Crippen LogP contribution in [0.25, 0.3) is 20.5 Å². The van der Waals surface area contributed by atoms with Crippen LogP contribution in [-0.4, -0.2) is 63.7 Å². The Kier molecular flexibility index (Phi) is 13.9. The molecule has 4 aromatic carbocycles. The van der Waals surface area contributed by atoms with Crippen molar-refractivity contribution < 1.29 is 28.2 Å². The van der Waals surface area contributed by atoms with E-state index in [1.54, 1.807) is 39.2 Å². The third-order valence-corrected chi connectivity index (χ3v) is 16.9. The number of rotatable bonds is 15. The van der Waals surface area contributed by atoms with Gasteiger partial charge in [0.15, 0.2) is 8.32 Å². The topological polar surface area (TPSA) is 98.4 Å². The highest BCUT2D eigenvalue weighted by atomic mass is 32.1. The molecule has 11 heteroatoms. The molecule has 2 N–H and O–H groups in total. The molecule has 1 aromatic heterocycles. The van der Waals surface area contributed by atoms with E-state index in [1.807, 2.05) is 42.5 Å². The van der Waals surface area contributed by atoms with Gasteiger partial charge in [-0.15, -0.1) is 11.3 Å². The number of nitrogens with zero attached hydrogens (tertiary/aromatic N) is 1. The Labute approximate surface area is 355 Å². The van der Waals surface area contributed by atoms with E-state index < -0.39 is 26.1 Å². The summed E-state index contributed by atoms with van der Waals surface area (Å²) >= 11 is 1.73. The maximum atomic E-state index is 13.8. The smallest absolute Gasteiger partial charge is 0.408 e. The quantitative estimate of drug-likeness (QED) is 0.101. The molecule has 1 atom stereocenters. The molecule has 1 aliphatic heterocycles. The number of hydrogen-bond donors (Lipinski definition) is 2. The summed E-state index contributed by atoms with van der Waals surface area (Å²) in [4.78, 5) is 30.3. The first-order valence-electron chi connectivity index (χ1n) is 20.6. The average molecular weight is 836 g/mol. The van der Waals surface area contributed by atoms with Gasteiger partial charge >= 0.3 is 6.09 Å². The largest absolute Gasteiger partial charge is 0.496 e. The zero-order valence-electron chi connectivity index (χ0n) is 36.2. The van der Waals surface area contributed by atoms with Crippen LogP contribution in [0.3, 0.4) is 0 Å². The number of methoxy groups -OCH3 is 1. The van der Waals surface area contributed by atoms with Gasteiger partial charge in [0.25, 0.3) is 0 Å². The molecule has 314 valence electrons. The second kappa shape index (κ2) is 18.7. The van der Waals surface area contributed by atoms with Gasteiger partial charge in [-0.2, -0.15) is 0 Å². The fourth-order valence-electron chi connectivity index (χ4n) is 6.86. The van der Waals surface area contributed by atoms with Gasteiger partial charge in [0.1, 0.15) is 29.7 Å². The number of amides is 2. The van der Waals surface area contributed by atoms with E-state index in [2.05, 4.69) is 97.9 Å². The monoisotopic (exact) mass is 835 g/mol. The predicted molar refractivity (Wildman–Crippen MR) is 243 cm³/mol. The molecule has 2 heterocycles. The SMILES string of the molecule is COc1cc(Cc2c(-c3ccc(NC(=O)C(CO[Si](C)(C)C(C)(C)C)NC(=O)OC(C)(C)C)cc3)sc3cc(OCc4ccccc4)ccc23)ccc1CN1CCCC1. The van der Waals surface area contributed by atoms with Crippen LogP contribution < -0.4 is 20.1 Å². The Morgan fingerprint density at radius 1 is 0.864 bits per heavy atom. The van der Waals surface area contributed by atoms with Crippen molar-refractivity contribution in [3.05, 3.63) is 113 Å². The van der Waals surface area contributed by atoms with Gasteiger partial charge in [0.2, 0.25) is 5.91 Å². The van der Waals surface area contributed by atoms with Gasteiger partial charge in [-0.25, -0.2) is 4.79 Å². The van der Waals surface area contributed by atoms with Crippen molar-refractivity contribution in [1.82, 2.24) is 10.2 Å². The summed E-state index contributed by atoms with van der Waals surface area (Å²) in [5.41, 5.74) is 5.64. The summed E-state index contributed by atoms with van der Waals surface area (Å²) in [5.74, 6) is 1.36. The van der Waals surface area contributed by atoms with Crippen molar-refractivity contribution in [2.45, 2.75) is 104 Å². The number of alkyl carbamates (subject to hydrolysis) is 1. The first-order chi connectivity index (χ1) is 28.0. The lowest BCUT2D eigenvalue weighted by molar-refractivity contribution is -0.119. The number of hydrogen-bond acceptors (Lipinski definition) is 8. The van der Waals surface area contributed by atoms with Gasteiger partial charge in [-0.3, -0.25) is 9.69 Å². The van der Waals surface area contributed by atoms with Crippen LogP contribution in [0.5, 0.6) is 11.5 Å². The molecule has 0 bridgehead atoms. The summed E-state index contributed by atoms with van der Waals surface area (Å²) < 4.78 is 25.2. The molecule has 5 aromatic rings. The summed E-state index contributed by atoms with van der Waals surface area (Å²) in [6.45, 7) is 19.7. The van der Waals surface area contributed by atoms with Crippen LogP contribution >= 0.6 is 11.3 Å². The number of benzene rings is 4. The molecule has 0 spiro atoms. The van der Waals surface area contributed by atoms with E-state index >= 15 is 0 Å². The van der Waals surface area contributed by atoms with Crippen LogP contribution in [-0.2, 0) is 33.5 Å². The molecule has 9 nitrogen and oxygen atoms in total. The number of carbonyl (C=O) groups is 2. The Hall–Kier alpha value is -4.68. The number of carbonyl (C=O) groups excluding carboxylic acids is 2. The van der Waals surface area contributed by atoms with Crippen molar-refractivity contribution >= 4 is 47.4 Å². The molecular weight excluding hydrogens is 775 g/mol. The fraction of sp³-hybridized carbons (Fsp3) is 0.417. The highest BCUT2D eigenvalue weighted by Gasteiger charge is 2.38. The van der Waals surface area contributed by atoms with Crippen molar-refractivity contribution in [2.24, 2.45) is 0 Å². The van der Waals surface area contributed by atoms with E-state index in [4.69, 9.17) is 18.6 Å². The van der Waals surface area contributed by atoms with Gasteiger partial charge in [0.05, 0.1) is 13.7 Å². The van der Waals surface area contributed by atoms with Crippen molar-refractivity contribution in [2.75, 3.05) is 32.1 Å². The molecule has 59 heavy (non-hydrogen) atoms. The van der Waals surface area contributed by atoms with Crippen molar-refractivity contribution in [3.63, 3.8) is 0 Å². The lowest BCUT2D eigenvalue weighted by Gasteiger charge is -2.37. The van der Waals surface area contributed by atoms with Gasteiger partial charge < -0.3 is 29.3 Å². The second-order valence-electron chi connectivity index (χ2n) is 18.0. The van der Waals surface area contributed by atoms with E-state index in [-0.39, 0.29) is 17.6 Å². The number of fused-ring (bicyclic) bond motifs is 1. The zero-order chi connectivity index (χ0) is 42.4. The number of anilines is 1. The predicted octanol–water partition coefficient (Wildman–Crippen LogP) is 11.2. The molecule has 1 saturated heterocycles. The number of thiophene rings is 1. The van der Waals surface area contributed by atoms with E-state index in [0.717, 1.165) is 51.8 Å². The van der Waals surface area contributed by atoms with Gasteiger partial charge in [0, 0.05) is 27.4 Å². The summed E-state index contributed by atoms with van der Waals surface area (Å²) in [5, 5.41) is 6.88. The molecule has 0 radical (unpaired) electrons. The standard InChI is InChI=1S/C48H61N3O6SSi/c1-47(2,3)57-46(53)50-41(32-56-59(8,9)48(4,5)6)45(52)49-37-21-19-35(20-22-37)44-40(27-34-17-18-36(42(28-34)54-7)30-51-25-13-14-26-51)39-24-23-38(29-43(39)58-44)55-31-33-15-11-10-12-16-33/h10-12,15-24,28-29,41H,13-14,25-27,30-32H2,1-9H3,(H,49,52)(H,50,53). The maximum absolute atomic E-state index is 13.8. The lowest BCUT2D eigenvalue weighted by atomic mass is 9.97. The third-order valence-electron chi connectivity index (χ3n) is 11.2. The zero-order valence-corrected chi connectivity index (χ0v) is 38.0. The average Bonchev–Trinajstić information content (AvgIpc) is 3.83. The summed E-state index contributed by atoms with van der Waals surface area (Å²) in [7, 11) is -0.468. The van der Waals surface area contributed by atoms with Crippen LogP contribution in [0.2, 0.25) is 18.1 Å². The van der Waals surface area contributed by atoms with E-state index in [9.17, 15) is 9.59 Å². The molecule has 1 fully saturated rings. The minimum atomic E-state index is -2.22. The Balaban J connectivity index is 1.27. The molecule has 1 aliphatic rings. The third kappa shape index (κ3) is 11.7. The number of nitrogens with one attached hydrogen (secondary N) is 2. The maximum Gasteiger partial charge on any atom is 0.408 e. The van der Waals surface area contributed by atoms with Crippen molar-refractivity contribution in [1.29, 1.82) is 0 Å². The Morgan fingerprint density at radius 2 is 1.58 bits per heavy atom. The fourth-order valence-corrected chi connectivity index (χ4v) is 9.13. The first-order valence-corrected chi connectivity index (χ1v) is 24.4. The highest BCUT2D eigenvalue weighted by Crippen LogP contribution is 2.42. The van der Waals surface area contributed by atoms with Crippen LogP contribution in [0.15, 0.2) is 91.0 Å². The number of ether oxygens (including phenoxy) is 3. The molecule has 6 rings (SSSR count). The van der Waals surface area contributed by atoms with Crippen LogP contribution in [0.1, 0.15) is 76.6 Å². The van der Waals surface area contributed by atoms with Crippen LogP contribution in [0, 0.1) is 0 Å². The highest BCUT2D eigenvalue weighted by molar-refractivity contribution is 7.22. The molecule has 1 unspecified atom stereocenters. The summed E-state index contributed by atoms with van der Waals surface area (Å²) in [6.07, 6.45) is 2.54. The minimum Gasteiger partial charge on any atom is -0.496 e. The second-order valence-corrected chi connectivity index (χ2v) is 23.8. The first kappa shape index (κ1) is 43.9. The normalized spacial score (nSPS) is 14.3. The molecule has 0 saturated carbocycles. The van der Waals surface area contributed by atoms with Crippen molar-refractivity contribution in [3.8, 4) is 21.9 Å². The Bertz CT molecular complexity index is 2200. The van der Waals surface area contributed by atoms with Crippen LogP contribution in [0.4, 0.5) is 10.5 Å². The Morgan fingerprint density at radius 3 is 2.24 bits per heavy atom. The van der Waals surface area contributed by atoms with Gasteiger partial charge in [-0.1, -0.05) is 75.4 Å². The van der Waals surface area contributed by atoms with E-state index in [1.165, 1.54) is 34.9 Å². The van der Waals surface area contributed by atoms with Gasteiger partial charge in [-0.05, 0) is 135 Å². The lowest BCUT2D eigenvalue weighted by Crippen LogP contribution is -2.51. The molecule has 2 amide bonds. The molecular formula is C48H61N3O6SSi. The number of likely N-dealkylation sites (tertiary alicyclic amines) is 1. The molecule has 0 aliphatic carbocycles. The van der Waals surface area contributed by atoms with E-state index in [0.29, 0.717) is 18.7 Å². The minimum absolute atomic E-state index is 0.0336.